The van der Waals surface area contributed by atoms with E-state index in [0.717, 1.165) is 30.0 Å². The molecular formula is C27H26FN5O6S2. The van der Waals surface area contributed by atoms with Gasteiger partial charge in [0.05, 0.1) is 11.6 Å². The number of ether oxygens (including phenoxy) is 1. The van der Waals surface area contributed by atoms with E-state index in [9.17, 15) is 18.0 Å². The second-order valence-electron chi connectivity index (χ2n) is 10.6. The van der Waals surface area contributed by atoms with Gasteiger partial charge in [0, 0.05) is 29.2 Å². The molecule has 14 heteroatoms. The van der Waals surface area contributed by atoms with Crippen molar-refractivity contribution in [1.29, 1.82) is 0 Å². The van der Waals surface area contributed by atoms with Crippen molar-refractivity contribution in [1.82, 2.24) is 19.2 Å². The normalized spacial score (nSPS) is 15.0. The minimum Gasteiger partial charge on any atom is -0.444 e. The molecular weight excluding hydrogens is 573 g/mol. The van der Waals surface area contributed by atoms with Crippen molar-refractivity contribution in [3.63, 3.8) is 0 Å². The van der Waals surface area contributed by atoms with Crippen LogP contribution < -0.4 is 15.8 Å². The third-order valence-corrected chi connectivity index (χ3v) is 8.33. The van der Waals surface area contributed by atoms with Gasteiger partial charge in [-0.15, -0.1) is 0 Å². The van der Waals surface area contributed by atoms with Gasteiger partial charge < -0.3 is 14.5 Å². The molecule has 0 bridgehead atoms. The number of halogens is 1. The summed E-state index contributed by atoms with van der Waals surface area (Å²) in [6, 6.07) is 8.37. The number of amides is 1. The summed E-state index contributed by atoms with van der Waals surface area (Å²) in [7, 11) is -4.37. The van der Waals surface area contributed by atoms with Crippen LogP contribution in [0.3, 0.4) is 0 Å². The summed E-state index contributed by atoms with van der Waals surface area (Å²) in [5, 5.41) is 2.80. The lowest BCUT2D eigenvalue weighted by Crippen LogP contribution is -2.39. The van der Waals surface area contributed by atoms with Gasteiger partial charge >= 0.3 is 11.8 Å². The number of sulfonamides is 1. The molecule has 2 N–H and O–H groups in total. The number of carbonyl (C=O) groups is 1. The van der Waals surface area contributed by atoms with Gasteiger partial charge in [-0.25, -0.2) is 27.4 Å². The summed E-state index contributed by atoms with van der Waals surface area (Å²) in [5.41, 5.74) is -0.139. The van der Waals surface area contributed by atoms with Gasteiger partial charge in [0.15, 0.2) is 5.58 Å². The van der Waals surface area contributed by atoms with Gasteiger partial charge in [-0.05, 0) is 52.2 Å². The van der Waals surface area contributed by atoms with E-state index < -0.39 is 49.8 Å². The van der Waals surface area contributed by atoms with Crippen molar-refractivity contribution in [2.45, 2.75) is 62.6 Å². The van der Waals surface area contributed by atoms with Crippen LogP contribution in [-0.4, -0.2) is 39.6 Å². The molecule has 2 aromatic carbocycles. The number of oxazole rings is 1. The molecule has 0 spiro atoms. The van der Waals surface area contributed by atoms with Gasteiger partial charge in [-0.3, -0.25) is 9.29 Å². The molecule has 1 saturated carbocycles. The van der Waals surface area contributed by atoms with Gasteiger partial charge in [-0.2, -0.15) is 4.37 Å². The summed E-state index contributed by atoms with van der Waals surface area (Å²) in [4.78, 5) is 28.3. The SMILES string of the molecule is C[C@H](c1ccccc1C#CC1(NC(=O)OC(C)(C)C)CC1)n1c(=O)oc2cc(S(=O)(=O)Nc3ncns3)c(F)cc21. The number of hydrogen-bond donors (Lipinski definition) is 2. The van der Waals surface area contributed by atoms with Crippen molar-refractivity contribution in [2.24, 2.45) is 0 Å². The molecule has 0 saturated heterocycles. The van der Waals surface area contributed by atoms with Gasteiger partial charge in [0.2, 0.25) is 5.13 Å². The average Bonchev–Trinajstić information content (AvgIpc) is 3.28. The second-order valence-corrected chi connectivity index (χ2v) is 13.0. The first-order valence-corrected chi connectivity index (χ1v) is 14.8. The number of nitrogens with one attached hydrogen (secondary N) is 2. The molecule has 0 aliphatic heterocycles. The van der Waals surface area contributed by atoms with Crippen LogP contribution >= 0.6 is 11.5 Å². The molecule has 0 radical (unpaired) electrons. The number of carbonyl (C=O) groups excluding carboxylic acids is 1. The zero-order valence-electron chi connectivity index (χ0n) is 22.5. The van der Waals surface area contributed by atoms with Crippen LogP contribution in [0.4, 0.5) is 14.3 Å². The zero-order chi connectivity index (χ0) is 29.6. The molecule has 1 aliphatic carbocycles. The smallest absolute Gasteiger partial charge is 0.420 e. The summed E-state index contributed by atoms with van der Waals surface area (Å²) in [5.74, 6) is 4.37. The number of fused-ring (bicyclic) bond motifs is 1. The van der Waals surface area contributed by atoms with E-state index in [1.807, 2.05) is 0 Å². The Morgan fingerprint density at radius 2 is 2.00 bits per heavy atom. The van der Waals surface area contributed by atoms with E-state index in [4.69, 9.17) is 9.15 Å². The first-order chi connectivity index (χ1) is 19.3. The predicted molar refractivity (Wildman–Crippen MR) is 150 cm³/mol. The molecule has 2 heterocycles. The molecule has 2 aromatic heterocycles. The molecule has 1 fully saturated rings. The van der Waals surface area contributed by atoms with E-state index in [1.54, 1.807) is 52.0 Å². The van der Waals surface area contributed by atoms with Crippen LogP contribution in [-0.2, 0) is 14.8 Å². The number of rotatable bonds is 6. The molecule has 4 aromatic rings. The Hall–Kier alpha value is -4.22. The van der Waals surface area contributed by atoms with Crippen LogP contribution in [0.1, 0.15) is 57.7 Å². The minimum absolute atomic E-state index is 0.0378. The second kappa shape index (κ2) is 10.3. The topological polar surface area (TPSA) is 145 Å². The quantitative estimate of drug-likeness (QED) is 0.310. The van der Waals surface area contributed by atoms with Crippen molar-refractivity contribution in [3.05, 3.63) is 70.2 Å². The number of nitrogens with zero attached hydrogens (tertiary/aromatic N) is 3. The zero-order valence-corrected chi connectivity index (χ0v) is 24.2. The Balaban J connectivity index is 1.46. The average molecular weight is 600 g/mol. The van der Waals surface area contributed by atoms with E-state index in [1.165, 1.54) is 4.57 Å². The van der Waals surface area contributed by atoms with Crippen LogP contribution in [0.25, 0.3) is 11.1 Å². The van der Waals surface area contributed by atoms with Gasteiger partial charge in [-0.1, -0.05) is 30.0 Å². The Bertz CT molecular complexity index is 1860. The first-order valence-electron chi connectivity index (χ1n) is 12.5. The summed E-state index contributed by atoms with van der Waals surface area (Å²) >= 11 is 0.788. The number of hydrogen-bond acceptors (Lipinski definition) is 9. The maximum absolute atomic E-state index is 15.2. The highest BCUT2D eigenvalue weighted by Crippen LogP contribution is 2.35. The Kier molecular flexibility index (Phi) is 7.12. The van der Waals surface area contributed by atoms with Crippen molar-refractivity contribution in [2.75, 3.05) is 4.72 Å². The summed E-state index contributed by atoms with van der Waals surface area (Å²) < 4.78 is 58.5. The highest BCUT2D eigenvalue weighted by Gasteiger charge is 2.43. The molecule has 1 atom stereocenters. The Labute approximate surface area is 239 Å². The van der Waals surface area contributed by atoms with Crippen LogP contribution in [0.5, 0.6) is 0 Å². The fourth-order valence-corrected chi connectivity index (χ4v) is 5.94. The maximum Gasteiger partial charge on any atom is 0.420 e. The highest BCUT2D eigenvalue weighted by molar-refractivity contribution is 7.93. The fourth-order valence-electron chi connectivity index (χ4n) is 4.20. The number of benzene rings is 2. The fraction of sp³-hybridized carbons (Fsp3) is 0.333. The van der Waals surface area contributed by atoms with E-state index in [2.05, 4.69) is 31.2 Å². The van der Waals surface area contributed by atoms with Crippen LogP contribution in [0, 0.1) is 17.7 Å². The predicted octanol–water partition coefficient (Wildman–Crippen LogP) is 4.40. The molecule has 0 unspecified atom stereocenters. The lowest BCUT2D eigenvalue weighted by molar-refractivity contribution is 0.0510. The van der Waals surface area contributed by atoms with Crippen molar-refractivity contribution >= 4 is 43.9 Å². The van der Waals surface area contributed by atoms with Crippen LogP contribution in [0.15, 0.2) is 56.8 Å². The molecule has 5 rings (SSSR count). The molecule has 214 valence electrons. The largest absolute Gasteiger partial charge is 0.444 e. The standard InChI is InChI=1S/C27H26FN5O6S2/c1-16(18-8-6-5-7-17(18)9-10-27(11-12-27)31-24(34)39-26(2,3)4)33-20-13-19(28)22(14-21(20)38-25(33)35)41(36,37)32-23-29-15-30-40-23/h5-8,13-16H,11-12H2,1-4H3,(H,31,34)(H,29,30,32)/t16-/m1/s1. The minimum atomic E-state index is -4.37. The van der Waals surface area contributed by atoms with Crippen LogP contribution in [0.2, 0.25) is 0 Å². The third-order valence-electron chi connectivity index (χ3n) is 6.26. The monoisotopic (exact) mass is 599 g/mol. The molecule has 41 heavy (non-hydrogen) atoms. The summed E-state index contributed by atoms with van der Waals surface area (Å²) in [6.45, 7) is 7.06. The van der Waals surface area contributed by atoms with Crippen molar-refractivity contribution < 1.29 is 26.8 Å². The number of anilines is 1. The third kappa shape index (κ3) is 6.10. The molecule has 1 amide bonds. The lowest BCUT2D eigenvalue weighted by atomic mass is 10.0. The Morgan fingerprint density at radius 1 is 1.27 bits per heavy atom. The van der Waals surface area contributed by atoms with Gasteiger partial charge in [0.25, 0.3) is 10.0 Å². The number of aromatic nitrogens is 3. The van der Waals surface area contributed by atoms with E-state index in [0.29, 0.717) is 24.0 Å². The molecule has 1 aliphatic rings. The Morgan fingerprint density at radius 3 is 2.66 bits per heavy atom. The summed E-state index contributed by atoms with van der Waals surface area (Å²) in [6.07, 6.45) is 1.94. The van der Waals surface area contributed by atoms with E-state index >= 15 is 4.39 Å². The highest BCUT2D eigenvalue weighted by atomic mass is 32.2. The molecule has 11 nitrogen and oxygen atoms in total. The lowest BCUT2D eigenvalue weighted by Gasteiger charge is -2.21. The maximum atomic E-state index is 15.2. The first kappa shape index (κ1) is 28.3. The van der Waals surface area contributed by atoms with Crippen molar-refractivity contribution in [3.8, 4) is 11.8 Å². The van der Waals surface area contributed by atoms with Gasteiger partial charge in [0.1, 0.15) is 28.2 Å². The number of alkyl carbamates (subject to hydrolysis) is 1. The van der Waals surface area contributed by atoms with E-state index in [-0.39, 0.29) is 16.2 Å².